The van der Waals surface area contributed by atoms with Gasteiger partial charge >= 0.3 is 0 Å². The van der Waals surface area contributed by atoms with E-state index in [1.54, 1.807) is 28.6 Å². The molecule has 0 bridgehead atoms. The number of piperidine rings is 1. The van der Waals surface area contributed by atoms with E-state index in [0.717, 1.165) is 55.0 Å². The van der Waals surface area contributed by atoms with Crippen LogP contribution in [0.15, 0.2) is 65.2 Å². The maximum Gasteiger partial charge on any atom is 0.243 e. The van der Waals surface area contributed by atoms with Gasteiger partial charge in [-0.05, 0) is 111 Å². The van der Waals surface area contributed by atoms with Gasteiger partial charge in [0.25, 0.3) is 0 Å². The summed E-state index contributed by atoms with van der Waals surface area (Å²) in [5.41, 5.74) is 5.07. The second-order valence-electron chi connectivity index (χ2n) is 12.7. The molecule has 40 heavy (non-hydrogen) atoms. The summed E-state index contributed by atoms with van der Waals surface area (Å²) in [4.78, 5) is 2.88. The number of fused-ring (bicyclic) bond motifs is 2. The summed E-state index contributed by atoms with van der Waals surface area (Å²) >= 11 is 0. The second kappa shape index (κ2) is 10.2. The van der Waals surface area contributed by atoms with Crippen molar-refractivity contribution in [3.05, 3.63) is 82.9 Å². The number of nitrogens with zero attached hydrogens (tertiary/aromatic N) is 4. The van der Waals surface area contributed by atoms with Gasteiger partial charge in [0.05, 0.1) is 22.5 Å². The molecule has 6 rings (SSSR count). The molecule has 0 radical (unpaired) electrons. The van der Waals surface area contributed by atoms with E-state index >= 15 is 0 Å². The highest BCUT2D eigenvalue weighted by molar-refractivity contribution is 7.89. The van der Waals surface area contributed by atoms with Gasteiger partial charge in [-0.2, -0.15) is 9.40 Å². The summed E-state index contributed by atoms with van der Waals surface area (Å²) in [5.74, 6) is -0.273. The molecule has 0 unspecified atom stereocenters. The monoisotopic (exact) mass is 562 g/mol. The van der Waals surface area contributed by atoms with E-state index in [-0.39, 0.29) is 16.6 Å². The van der Waals surface area contributed by atoms with Crippen LogP contribution in [0.2, 0.25) is 0 Å². The Kier molecular flexibility index (Phi) is 7.00. The zero-order chi connectivity index (χ0) is 28.1. The van der Waals surface area contributed by atoms with Gasteiger partial charge < -0.3 is 4.90 Å². The lowest BCUT2D eigenvalue weighted by Crippen LogP contribution is -2.50. The normalized spacial score (nSPS) is 22.1. The number of likely N-dealkylation sites (tertiary alicyclic amines) is 1. The molecular weight excluding hydrogens is 523 g/mol. The van der Waals surface area contributed by atoms with Crippen LogP contribution in [-0.4, -0.2) is 60.1 Å². The minimum Gasteiger partial charge on any atom is -0.303 e. The molecule has 8 heteroatoms. The molecule has 0 N–H and O–H groups in total. The van der Waals surface area contributed by atoms with Crippen molar-refractivity contribution < 1.29 is 12.8 Å². The van der Waals surface area contributed by atoms with Crippen LogP contribution in [0, 0.1) is 11.2 Å². The van der Waals surface area contributed by atoms with Crippen molar-refractivity contribution in [3.63, 3.8) is 0 Å². The lowest BCUT2D eigenvalue weighted by molar-refractivity contribution is 0.172. The Bertz CT molecular complexity index is 1510. The van der Waals surface area contributed by atoms with Gasteiger partial charge in [-0.25, -0.2) is 17.5 Å². The molecule has 0 saturated carbocycles. The maximum absolute atomic E-state index is 13.9. The number of benzene rings is 2. The zero-order valence-corrected chi connectivity index (χ0v) is 24.6. The summed E-state index contributed by atoms with van der Waals surface area (Å²) in [6.45, 7) is 10.5. The molecule has 1 atom stereocenters. The first-order valence-electron chi connectivity index (χ1n) is 14.4. The van der Waals surface area contributed by atoms with Crippen LogP contribution in [0.3, 0.4) is 0 Å². The van der Waals surface area contributed by atoms with Gasteiger partial charge in [-0.1, -0.05) is 38.5 Å². The Morgan fingerprint density at radius 2 is 1.68 bits per heavy atom. The Morgan fingerprint density at radius 1 is 0.975 bits per heavy atom. The summed E-state index contributed by atoms with van der Waals surface area (Å²) in [6.07, 6.45) is 8.95. The number of sulfonamides is 1. The van der Waals surface area contributed by atoms with Gasteiger partial charge in [-0.15, -0.1) is 0 Å². The van der Waals surface area contributed by atoms with E-state index in [4.69, 9.17) is 0 Å². The van der Waals surface area contributed by atoms with E-state index in [0.29, 0.717) is 24.4 Å². The number of hydrogen-bond acceptors (Lipinski definition) is 4. The average Bonchev–Trinajstić information content (AvgIpc) is 3.60. The Morgan fingerprint density at radius 3 is 2.35 bits per heavy atom. The molecule has 2 aromatic carbocycles. The van der Waals surface area contributed by atoms with E-state index in [1.165, 1.54) is 30.5 Å². The van der Waals surface area contributed by atoms with Crippen molar-refractivity contribution in [2.24, 2.45) is 5.41 Å². The van der Waals surface area contributed by atoms with Crippen molar-refractivity contribution in [2.75, 3.05) is 32.7 Å². The molecule has 3 heterocycles. The quantitative estimate of drug-likeness (QED) is 0.380. The van der Waals surface area contributed by atoms with E-state index < -0.39 is 10.0 Å². The molecule has 6 nitrogen and oxygen atoms in total. The van der Waals surface area contributed by atoms with Crippen LogP contribution < -0.4 is 0 Å². The predicted octanol–water partition coefficient (Wildman–Crippen LogP) is 5.82. The van der Waals surface area contributed by atoms with Gasteiger partial charge in [0.2, 0.25) is 10.0 Å². The van der Waals surface area contributed by atoms with Gasteiger partial charge in [0.1, 0.15) is 5.82 Å². The highest BCUT2D eigenvalue weighted by Crippen LogP contribution is 2.47. The summed E-state index contributed by atoms with van der Waals surface area (Å²) in [5, 5.41) is 4.68. The Balaban J connectivity index is 1.33. The van der Waals surface area contributed by atoms with Crippen LogP contribution in [0.25, 0.3) is 11.8 Å². The van der Waals surface area contributed by atoms with Crippen LogP contribution in [-0.2, 0) is 21.9 Å². The van der Waals surface area contributed by atoms with Crippen LogP contribution in [0.5, 0.6) is 0 Å². The fraction of sp³-hybridized carbons (Fsp3) is 0.469. The molecule has 2 saturated heterocycles. The van der Waals surface area contributed by atoms with Crippen molar-refractivity contribution in [1.29, 1.82) is 0 Å². The molecule has 0 amide bonds. The average molecular weight is 563 g/mol. The summed E-state index contributed by atoms with van der Waals surface area (Å²) in [7, 11) is -3.63. The maximum atomic E-state index is 13.9. The fourth-order valence-electron chi connectivity index (χ4n) is 6.61. The minimum absolute atomic E-state index is 0.0368. The SMILES string of the molecule is CC(C)(C)c1ccc(S(=O)(=O)N2CCC3=Cc4c(cnn4-c4ccc(F)cc4)C[C@]3(CCN3CCCC3)C2)cc1. The number of halogens is 1. The van der Waals surface area contributed by atoms with Gasteiger partial charge in [-0.3, -0.25) is 0 Å². The van der Waals surface area contributed by atoms with Crippen LogP contribution in [0.4, 0.5) is 4.39 Å². The summed E-state index contributed by atoms with van der Waals surface area (Å²) in [6, 6.07) is 13.8. The molecule has 2 aliphatic heterocycles. The second-order valence-corrected chi connectivity index (χ2v) is 14.7. The van der Waals surface area contributed by atoms with E-state index in [2.05, 4.69) is 36.8 Å². The highest BCUT2D eigenvalue weighted by Gasteiger charge is 2.46. The number of rotatable bonds is 6. The molecule has 1 aromatic heterocycles. The zero-order valence-electron chi connectivity index (χ0n) is 23.7. The lowest BCUT2D eigenvalue weighted by Gasteiger charge is -2.47. The first-order chi connectivity index (χ1) is 19.0. The molecule has 0 spiro atoms. The minimum atomic E-state index is -3.63. The molecule has 212 valence electrons. The largest absolute Gasteiger partial charge is 0.303 e. The van der Waals surface area contributed by atoms with Crippen molar-refractivity contribution in [2.45, 2.75) is 63.2 Å². The first kappa shape index (κ1) is 27.4. The van der Waals surface area contributed by atoms with E-state index in [9.17, 15) is 12.8 Å². The molecule has 3 aromatic rings. The molecule has 3 aliphatic rings. The van der Waals surface area contributed by atoms with Gasteiger partial charge in [0.15, 0.2) is 0 Å². The van der Waals surface area contributed by atoms with Crippen LogP contribution >= 0.6 is 0 Å². The van der Waals surface area contributed by atoms with Crippen molar-refractivity contribution >= 4 is 16.1 Å². The summed E-state index contributed by atoms with van der Waals surface area (Å²) < 4.78 is 45.1. The third kappa shape index (κ3) is 5.06. The molecular formula is C32H39FN4O2S. The Hall–Kier alpha value is -2.81. The highest BCUT2D eigenvalue weighted by atomic mass is 32.2. The number of hydrogen-bond donors (Lipinski definition) is 0. The molecule has 2 fully saturated rings. The Labute approximate surface area is 237 Å². The third-order valence-corrected chi connectivity index (χ3v) is 10.9. The number of aromatic nitrogens is 2. The smallest absolute Gasteiger partial charge is 0.243 e. The lowest BCUT2D eigenvalue weighted by atomic mass is 9.67. The molecule has 1 aliphatic carbocycles. The third-order valence-electron chi connectivity index (χ3n) is 9.05. The first-order valence-corrected chi connectivity index (χ1v) is 15.9. The topological polar surface area (TPSA) is 58.4 Å². The van der Waals surface area contributed by atoms with Crippen molar-refractivity contribution in [1.82, 2.24) is 19.0 Å². The van der Waals surface area contributed by atoms with Crippen molar-refractivity contribution in [3.8, 4) is 5.69 Å². The van der Waals surface area contributed by atoms with Gasteiger partial charge in [0, 0.05) is 18.5 Å². The standard InChI is InChI=1S/C32H39FN4O2S/c1-31(2,3)25-6-12-29(13-7-25)40(38,39)36-18-14-26-20-30-24(22-34-37(30)28-10-8-27(33)9-11-28)21-32(26,23-36)15-19-35-16-4-5-17-35/h6-13,20,22H,4-5,14-19,21,23H2,1-3H3/t32-/m1/s1. The predicted molar refractivity (Wildman–Crippen MR) is 156 cm³/mol. The van der Waals surface area contributed by atoms with Crippen LogP contribution in [0.1, 0.15) is 63.3 Å². The van der Waals surface area contributed by atoms with E-state index in [1.807, 2.05) is 23.0 Å². The fourth-order valence-corrected chi connectivity index (χ4v) is 8.14.